The Balaban J connectivity index is 1.29. The molecular weight excluding hydrogens is 334 g/mol. The van der Waals surface area contributed by atoms with Gasteiger partial charge in [-0.1, -0.05) is 0 Å². The number of rotatable bonds is 6. The van der Waals surface area contributed by atoms with E-state index in [4.69, 9.17) is 14.7 Å². The third-order valence-corrected chi connectivity index (χ3v) is 6.28. The van der Waals surface area contributed by atoms with Crippen LogP contribution in [0.5, 0.6) is 0 Å². The number of fused-ring (bicyclic) bond motifs is 2. The molecule has 4 heterocycles. The highest BCUT2D eigenvalue weighted by molar-refractivity contribution is 7.13. The Kier molecular flexibility index (Phi) is 5.41. The standard InChI is InChI=1S/C18H29N5OS/c1-2-19-17(22-15-11-14-5-6-16(15)24-14)20-8-7-13-12-25-18(21-13)23-9-3-4-10-23/h12,14-16H,2-11H2,1H3,(H2,19,20,22). The molecule has 3 fully saturated rings. The van der Waals surface area contributed by atoms with Gasteiger partial charge in [0.05, 0.1) is 23.9 Å². The fraction of sp³-hybridized carbons (Fsp3) is 0.778. The largest absolute Gasteiger partial charge is 0.373 e. The van der Waals surface area contributed by atoms with E-state index in [1.165, 1.54) is 30.8 Å². The first-order chi connectivity index (χ1) is 12.3. The molecule has 0 saturated carbocycles. The Morgan fingerprint density at radius 1 is 1.40 bits per heavy atom. The van der Waals surface area contributed by atoms with Crippen molar-refractivity contribution in [1.82, 2.24) is 15.6 Å². The molecule has 3 aliphatic rings. The van der Waals surface area contributed by atoms with Gasteiger partial charge < -0.3 is 20.3 Å². The van der Waals surface area contributed by atoms with Crippen molar-refractivity contribution in [2.75, 3.05) is 31.1 Å². The monoisotopic (exact) mass is 363 g/mol. The number of hydrogen-bond donors (Lipinski definition) is 2. The van der Waals surface area contributed by atoms with Crippen molar-refractivity contribution in [3.8, 4) is 0 Å². The van der Waals surface area contributed by atoms with Gasteiger partial charge in [-0.3, -0.25) is 4.99 Å². The highest BCUT2D eigenvalue weighted by Crippen LogP contribution is 2.34. The van der Waals surface area contributed by atoms with Crippen molar-refractivity contribution in [1.29, 1.82) is 0 Å². The van der Waals surface area contributed by atoms with Gasteiger partial charge >= 0.3 is 0 Å². The van der Waals surface area contributed by atoms with Crippen molar-refractivity contribution in [2.45, 2.75) is 63.7 Å². The van der Waals surface area contributed by atoms with Gasteiger partial charge in [0.1, 0.15) is 0 Å². The summed E-state index contributed by atoms with van der Waals surface area (Å²) < 4.78 is 5.93. The molecule has 1 aromatic rings. The lowest BCUT2D eigenvalue weighted by Gasteiger charge is -2.22. The first-order valence-electron chi connectivity index (χ1n) is 9.71. The van der Waals surface area contributed by atoms with Crippen molar-refractivity contribution in [3.05, 3.63) is 11.1 Å². The Hall–Kier alpha value is -1.34. The Morgan fingerprint density at radius 2 is 2.28 bits per heavy atom. The van der Waals surface area contributed by atoms with Crippen LogP contribution in [-0.2, 0) is 11.2 Å². The normalized spacial score (nSPS) is 28.8. The van der Waals surface area contributed by atoms with E-state index in [9.17, 15) is 0 Å². The number of ether oxygens (including phenoxy) is 1. The maximum atomic E-state index is 5.93. The van der Waals surface area contributed by atoms with Crippen LogP contribution in [0.25, 0.3) is 0 Å². The van der Waals surface area contributed by atoms with Gasteiger partial charge in [0.25, 0.3) is 0 Å². The fourth-order valence-corrected chi connectivity index (χ4v) is 4.95. The zero-order valence-electron chi connectivity index (χ0n) is 15.0. The lowest BCUT2D eigenvalue weighted by atomic mass is 9.96. The first-order valence-corrected chi connectivity index (χ1v) is 10.6. The quantitative estimate of drug-likeness (QED) is 0.599. The summed E-state index contributed by atoms with van der Waals surface area (Å²) in [6.45, 7) is 6.07. The highest BCUT2D eigenvalue weighted by atomic mass is 32.1. The molecule has 3 aliphatic heterocycles. The van der Waals surface area contributed by atoms with E-state index in [2.05, 4.69) is 27.8 Å². The van der Waals surface area contributed by atoms with Gasteiger partial charge in [-0.2, -0.15) is 0 Å². The van der Waals surface area contributed by atoms with Crippen LogP contribution in [0.15, 0.2) is 10.4 Å². The molecule has 7 heteroatoms. The van der Waals surface area contributed by atoms with Gasteiger partial charge in [0.2, 0.25) is 0 Å². The van der Waals surface area contributed by atoms with Crippen molar-refractivity contribution in [3.63, 3.8) is 0 Å². The number of nitrogens with one attached hydrogen (secondary N) is 2. The van der Waals surface area contributed by atoms with E-state index in [1.807, 2.05) is 0 Å². The average Bonchev–Trinajstić information content (AvgIpc) is 3.39. The summed E-state index contributed by atoms with van der Waals surface area (Å²) in [5.74, 6) is 0.915. The van der Waals surface area contributed by atoms with Crippen molar-refractivity contribution >= 4 is 22.4 Å². The molecule has 0 spiro atoms. The average molecular weight is 364 g/mol. The van der Waals surface area contributed by atoms with Crippen LogP contribution in [0.4, 0.5) is 5.13 Å². The molecule has 3 saturated heterocycles. The second-order valence-electron chi connectivity index (χ2n) is 7.19. The molecule has 6 nitrogen and oxygen atoms in total. The number of anilines is 1. The summed E-state index contributed by atoms with van der Waals surface area (Å²) >= 11 is 1.77. The fourth-order valence-electron chi connectivity index (χ4n) is 4.03. The maximum Gasteiger partial charge on any atom is 0.191 e. The lowest BCUT2D eigenvalue weighted by molar-refractivity contribution is 0.0992. The second kappa shape index (κ2) is 7.91. The van der Waals surface area contributed by atoms with Crippen LogP contribution in [0, 0.1) is 0 Å². The van der Waals surface area contributed by atoms with E-state index < -0.39 is 0 Å². The number of thiazole rings is 1. The Labute approximate surface area is 154 Å². The van der Waals surface area contributed by atoms with Crippen molar-refractivity contribution in [2.24, 2.45) is 4.99 Å². The zero-order valence-corrected chi connectivity index (χ0v) is 15.9. The molecule has 0 aromatic carbocycles. The van der Waals surface area contributed by atoms with E-state index >= 15 is 0 Å². The van der Waals surface area contributed by atoms with Crippen LogP contribution < -0.4 is 15.5 Å². The molecule has 3 atom stereocenters. The molecule has 3 unspecified atom stereocenters. The number of guanidine groups is 1. The zero-order chi connectivity index (χ0) is 17.1. The van der Waals surface area contributed by atoms with Gasteiger partial charge in [-0.15, -0.1) is 11.3 Å². The topological polar surface area (TPSA) is 61.8 Å². The molecule has 1 aromatic heterocycles. The van der Waals surface area contributed by atoms with Gasteiger partial charge in [-0.05, 0) is 39.0 Å². The van der Waals surface area contributed by atoms with Crippen LogP contribution in [0.3, 0.4) is 0 Å². The minimum Gasteiger partial charge on any atom is -0.373 e. The van der Waals surface area contributed by atoms with Gasteiger partial charge in [-0.25, -0.2) is 4.98 Å². The Morgan fingerprint density at radius 3 is 3.00 bits per heavy atom. The van der Waals surface area contributed by atoms with Crippen LogP contribution in [-0.4, -0.2) is 55.4 Å². The van der Waals surface area contributed by atoms with Gasteiger partial charge in [0.15, 0.2) is 11.1 Å². The Bertz CT molecular complexity index is 598. The van der Waals surface area contributed by atoms with E-state index in [0.717, 1.165) is 50.7 Å². The molecule has 138 valence electrons. The molecular formula is C18H29N5OS. The summed E-state index contributed by atoms with van der Waals surface area (Å²) in [6, 6.07) is 0.414. The SMILES string of the molecule is CCNC(=NCCc1csc(N2CCCC2)n1)NC1CC2CCC1O2. The maximum absolute atomic E-state index is 5.93. The van der Waals surface area contributed by atoms with E-state index in [-0.39, 0.29) is 0 Å². The first kappa shape index (κ1) is 17.1. The summed E-state index contributed by atoms with van der Waals surface area (Å²) in [7, 11) is 0. The predicted molar refractivity (Wildman–Crippen MR) is 103 cm³/mol. The number of aromatic nitrogens is 1. The molecule has 4 rings (SSSR count). The molecule has 2 N–H and O–H groups in total. The molecule has 0 aliphatic carbocycles. The number of hydrogen-bond acceptors (Lipinski definition) is 5. The summed E-state index contributed by atoms with van der Waals surface area (Å²) in [5.41, 5.74) is 1.16. The number of nitrogens with zero attached hydrogens (tertiary/aromatic N) is 3. The second-order valence-corrected chi connectivity index (χ2v) is 8.02. The molecule has 2 bridgehead atoms. The molecule has 0 amide bonds. The minimum atomic E-state index is 0.371. The van der Waals surface area contributed by atoms with Gasteiger partial charge in [0, 0.05) is 38.0 Å². The highest BCUT2D eigenvalue weighted by Gasteiger charge is 2.41. The van der Waals surface area contributed by atoms with Crippen LogP contribution >= 0.6 is 11.3 Å². The molecule has 25 heavy (non-hydrogen) atoms. The summed E-state index contributed by atoms with van der Waals surface area (Å²) in [5, 5.41) is 10.3. The van der Waals surface area contributed by atoms with Crippen molar-refractivity contribution < 1.29 is 4.74 Å². The summed E-state index contributed by atoms with van der Waals surface area (Å²) in [4.78, 5) is 11.9. The predicted octanol–water partition coefficient (Wildman–Crippen LogP) is 2.16. The third-order valence-electron chi connectivity index (χ3n) is 5.33. The van der Waals surface area contributed by atoms with E-state index in [0.29, 0.717) is 18.2 Å². The molecule has 0 radical (unpaired) electrons. The third kappa shape index (κ3) is 4.08. The van der Waals surface area contributed by atoms with Crippen LogP contribution in [0.2, 0.25) is 0 Å². The number of aliphatic imine (C=N–C) groups is 1. The minimum absolute atomic E-state index is 0.371. The van der Waals surface area contributed by atoms with E-state index in [1.54, 1.807) is 11.3 Å². The van der Waals surface area contributed by atoms with Crippen LogP contribution in [0.1, 0.15) is 44.7 Å². The summed E-state index contributed by atoms with van der Waals surface area (Å²) in [6.07, 6.45) is 7.83. The smallest absolute Gasteiger partial charge is 0.191 e. The lowest BCUT2D eigenvalue weighted by Crippen LogP contribution is -2.47.